The molecular formula is C17H22BrNO4. The molecule has 0 aromatic heterocycles. The highest BCUT2D eigenvalue weighted by molar-refractivity contribution is 9.10. The highest BCUT2D eigenvalue weighted by Crippen LogP contribution is 2.37. The van der Waals surface area contributed by atoms with E-state index in [0.29, 0.717) is 17.9 Å². The normalized spacial score (nSPS) is 15.7. The molecule has 1 aromatic rings. The first-order chi connectivity index (χ1) is 10.6. The van der Waals surface area contributed by atoms with Crippen LogP contribution in [-0.4, -0.2) is 29.6 Å². The third kappa shape index (κ3) is 5.23. The summed E-state index contributed by atoms with van der Waals surface area (Å²) in [6.07, 6.45) is 1.22. The van der Waals surface area contributed by atoms with E-state index in [9.17, 15) is 9.59 Å². The lowest BCUT2D eigenvalue weighted by atomic mass is 10.1. The number of carbonyl (C=O) groups is 2. The third-order valence-electron chi connectivity index (χ3n) is 3.44. The van der Waals surface area contributed by atoms with E-state index in [-0.39, 0.29) is 5.78 Å². The van der Waals surface area contributed by atoms with Crippen LogP contribution in [0, 0.1) is 0 Å². The molecule has 23 heavy (non-hydrogen) atoms. The number of carbonyl (C=O) groups excluding carboxylic acids is 2. The van der Waals surface area contributed by atoms with Crippen LogP contribution in [0.3, 0.4) is 0 Å². The molecule has 6 heteroatoms. The Labute approximate surface area is 144 Å². The highest BCUT2D eigenvalue weighted by atomic mass is 79.9. The van der Waals surface area contributed by atoms with Crippen LogP contribution in [0.25, 0.3) is 0 Å². The first-order valence-corrected chi connectivity index (χ1v) is 8.34. The van der Waals surface area contributed by atoms with Crippen LogP contribution in [-0.2, 0) is 4.74 Å². The number of alkyl carbamates (subject to hydrolysis) is 1. The average molecular weight is 384 g/mol. The van der Waals surface area contributed by atoms with Gasteiger partial charge in [-0.15, -0.1) is 0 Å². The summed E-state index contributed by atoms with van der Waals surface area (Å²) in [6, 6.07) is 5.31. The summed E-state index contributed by atoms with van der Waals surface area (Å²) in [4.78, 5) is 23.6. The number of ether oxygens (including phenoxy) is 2. The van der Waals surface area contributed by atoms with E-state index in [0.717, 1.165) is 17.3 Å². The van der Waals surface area contributed by atoms with Gasteiger partial charge in [0.2, 0.25) is 0 Å². The second-order valence-electron chi connectivity index (χ2n) is 6.89. The molecule has 126 valence electrons. The molecule has 0 spiro atoms. The van der Waals surface area contributed by atoms with Crippen molar-refractivity contribution in [2.24, 2.45) is 0 Å². The number of amides is 1. The molecular weight excluding hydrogens is 362 g/mol. The molecule has 2 rings (SSSR count). The van der Waals surface area contributed by atoms with Crippen molar-refractivity contribution in [3.8, 4) is 5.75 Å². The molecule has 0 unspecified atom stereocenters. The summed E-state index contributed by atoms with van der Waals surface area (Å²) in [5, 5.41) is 2.87. The number of hydrogen-bond donors (Lipinski definition) is 1. The topological polar surface area (TPSA) is 64.6 Å². The van der Waals surface area contributed by atoms with Crippen molar-refractivity contribution in [1.82, 2.24) is 5.32 Å². The smallest absolute Gasteiger partial charge is 0.408 e. The molecule has 1 fully saturated rings. The second kappa shape index (κ2) is 6.51. The lowest BCUT2D eigenvalue weighted by Crippen LogP contribution is -2.44. The van der Waals surface area contributed by atoms with E-state index < -0.39 is 17.2 Å². The summed E-state index contributed by atoms with van der Waals surface area (Å²) >= 11 is 3.35. The lowest BCUT2D eigenvalue weighted by Gasteiger charge is -2.23. The van der Waals surface area contributed by atoms with Gasteiger partial charge in [0, 0.05) is 4.47 Å². The third-order valence-corrected chi connectivity index (χ3v) is 3.94. The molecule has 0 bridgehead atoms. The quantitative estimate of drug-likeness (QED) is 0.777. The maximum atomic E-state index is 11.9. The Kier molecular flexibility index (Phi) is 5.04. The molecule has 1 N–H and O–H groups in total. The van der Waals surface area contributed by atoms with Crippen LogP contribution in [0.2, 0.25) is 0 Å². The van der Waals surface area contributed by atoms with Crippen molar-refractivity contribution in [3.05, 3.63) is 28.2 Å². The molecule has 5 nitrogen and oxygen atoms in total. The summed E-state index contributed by atoms with van der Waals surface area (Å²) in [5.74, 6) is 0.462. The maximum Gasteiger partial charge on any atom is 0.408 e. The highest BCUT2D eigenvalue weighted by Gasteiger charge is 2.46. The summed E-state index contributed by atoms with van der Waals surface area (Å²) in [6.45, 7) is 7.28. The fourth-order valence-corrected chi connectivity index (χ4v) is 2.46. The summed E-state index contributed by atoms with van der Waals surface area (Å²) < 4.78 is 11.9. The van der Waals surface area contributed by atoms with Crippen molar-refractivity contribution in [2.45, 2.75) is 51.7 Å². The first-order valence-electron chi connectivity index (χ1n) is 7.55. The average Bonchev–Trinajstić information content (AvgIpc) is 3.14. The standard InChI is InChI=1S/C17H22BrNO4/c1-11(20)13-9-12(18)5-6-14(13)22-10-17(7-8-17)19-15(21)23-16(2,3)4/h5-6,9H,7-8,10H2,1-4H3,(H,19,21). The van der Waals surface area contributed by atoms with Crippen molar-refractivity contribution in [3.63, 3.8) is 0 Å². The van der Waals surface area contributed by atoms with Crippen LogP contribution in [0.1, 0.15) is 50.9 Å². The van der Waals surface area contributed by atoms with E-state index in [1.165, 1.54) is 6.92 Å². The number of benzene rings is 1. The number of halogens is 1. The van der Waals surface area contributed by atoms with Crippen molar-refractivity contribution in [1.29, 1.82) is 0 Å². The largest absolute Gasteiger partial charge is 0.490 e. The molecule has 0 radical (unpaired) electrons. The molecule has 0 atom stereocenters. The van der Waals surface area contributed by atoms with E-state index in [1.54, 1.807) is 12.1 Å². The Morgan fingerprint density at radius 2 is 1.96 bits per heavy atom. The van der Waals surface area contributed by atoms with Gasteiger partial charge in [-0.25, -0.2) is 4.79 Å². The van der Waals surface area contributed by atoms with Crippen LogP contribution in [0.15, 0.2) is 22.7 Å². The molecule has 1 amide bonds. The number of Topliss-reactive ketones (excluding diaryl/α,β-unsaturated/α-hetero) is 1. The summed E-state index contributed by atoms with van der Waals surface area (Å²) in [5.41, 5.74) is -0.412. The minimum absolute atomic E-state index is 0.0637. The Morgan fingerprint density at radius 3 is 2.48 bits per heavy atom. The summed E-state index contributed by atoms with van der Waals surface area (Å²) in [7, 11) is 0. The Morgan fingerprint density at radius 1 is 1.30 bits per heavy atom. The molecule has 1 aromatic carbocycles. The zero-order valence-electron chi connectivity index (χ0n) is 13.9. The van der Waals surface area contributed by atoms with E-state index in [1.807, 2.05) is 26.8 Å². The van der Waals surface area contributed by atoms with E-state index in [4.69, 9.17) is 9.47 Å². The van der Waals surface area contributed by atoms with Gasteiger partial charge < -0.3 is 14.8 Å². The Balaban J connectivity index is 1.98. The number of rotatable bonds is 5. The van der Waals surface area contributed by atoms with Gasteiger partial charge in [-0.1, -0.05) is 15.9 Å². The van der Waals surface area contributed by atoms with Gasteiger partial charge in [0.15, 0.2) is 5.78 Å². The van der Waals surface area contributed by atoms with Crippen molar-refractivity contribution in [2.75, 3.05) is 6.61 Å². The lowest BCUT2D eigenvalue weighted by molar-refractivity contribution is 0.0476. The molecule has 0 heterocycles. The number of hydrogen-bond acceptors (Lipinski definition) is 4. The maximum absolute atomic E-state index is 11.9. The van der Waals surface area contributed by atoms with Gasteiger partial charge in [-0.05, 0) is 58.7 Å². The van der Waals surface area contributed by atoms with E-state index in [2.05, 4.69) is 21.2 Å². The van der Waals surface area contributed by atoms with Crippen LogP contribution in [0.4, 0.5) is 4.79 Å². The zero-order chi connectivity index (χ0) is 17.3. The molecule has 1 aliphatic carbocycles. The van der Waals surface area contributed by atoms with Gasteiger partial charge in [0.25, 0.3) is 0 Å². The SMILES string of the molecule is CC(=O)c1cc(Br)ccc1OCC1(NC(=O)OC(C)(C)C)CC1. The fraction of sp³-hybridized carbons (Fsp3) is 0.529. The number of ketones is 1. The first kappa shape index (κ1) is 17.8. The van der Waals surface area contributed by atoms with Gasteiger partial charge in [0.05, 0.1) is 11.1 Å². The van der Waals surface area contributed by atoms with Crippen molar-refractivity contribution >= 4 is 27.8 Å². The van der Waals surface area contributed by atoms with Crippen LogP contribution >= 0.6 is 15.9 Å². The van der Waals surface area contributed by atoms with Crippen LogP contribution in [0.5, 0.6) is 5.75 Å². The molecule has 0 saturated heterocycles. The second-order valence-corrected chi connectivity index (χ2v) is 7.81. The predicted octanol–water partition coefficient (Wildman–Crippen LogP) is 4.09. The van der Waals surface area contributed by atoms with Crippen molar-refractivity contribution < 1.29 is 19.1 Å². The minimum atomic E-state index is -0.533. The Bertz CT molecular complexity index is 618. The molecule has 1 saturated carbocycles. The molecule has 1 aliphatic rings. The molecule has 0 aliphatic heterocycles. The predicted molar refractivity (Wildman–Crippen MR) is 91.0 cm³/mol. The van der Waals surface area contributed by atoms with Gasteiger partial charge >= 0.3 is 6.09 Å². The fourth-order valence-electron chi connectivity index (χ4n) is 2.10. The number of nitrogens with one attached hydrogen (secondary N) is 1. The van der Waals surface area contributed by atoms with Gasteiger partial charge in [-0.3, -0.25) is 4.79 Å². The van der Waals surface area contributed by atoms with Crippen LogP contribution < -0.4 is 10.1 Å². The van der Waals surface area contributed by atoms with Gasteiger partial charge in [0.1, 0.15) is 18.0 Å². The van der Waals surface area contributed by atoms with Gasteiger partial charge in [-0.2, -0.15) is 0 Å². The monoisotopic (exact) mass is 383 g/mol. The van der Waals surface area contributed by atoms with E-state index >= 15 is 0 Å². The minimum Gasteiger partial charge on any atom is -0.490 e. The zero-order valence-corrected chi connectivity index (χ0v) is 15.5. The Hall–Kier alpha value is -1.56.